The summed E-state index contributed by atoms with van der Waals surface area (Å²) in [5.41, 5.74) is 1.43. The van der Waals surface area contributed by atoms with Crippen molar-refractivity contribution in [1.82, 2.24) is 4.31 Å². The lowest BCUT2D eigenvalue weighted by Crippen LogP contribution is -2.42. The maximum Gasteiger partial charge on any atom is 0.219 e. The molecular formula is C22H31NO6S. The van der Waals surface area contributed by atoms with E-state index in [0.29, 0.717) is 23.5 Å². The van der Waals surface area contributed by atoms with Crippen LogP contribution in [0.2, 0.25) is 0 Å². The number of ether oxygens (including phenoxy) is 4. The first kappa shape index (κ1) is 24.1. The van der Waals surface area contributed by atoms with Crippen molar-refractivity contribution in [3.63, 3.8) is 0 Å². The number of para-hydroxylation sites is 1. The number of rotatable bonds is 12. The van der Waals surface area contributed by atoms with Gasteiger partial charge in [0.15, 0.2) is 17.8 Å². The van der Waals surface area contributed by atoms with Crippen LogP contribution in [-0.2, 0) is 25.2 Å². The standard InChI is InChI=1S/C22H31NO6S/c1-6-19(18-13-10-14-20(26-2)22(18)29-5)23(15-21(27-3)28-4)30(24,25)16-17-11-8-7-9-12-17/h7-14,19,21H,6,15-16H2,1-5H3. The van der Waals surface area contributed by atoms with Gasteiger partial charge in [-0.2, -0.15) is 4.31 Å². The van der Waals surface area contributed by atoms with Crippen LogP contribution < -0.4 is 9.47 Å². The molecule has 0 saturated heterocycles. The molecule has 0 aliphatic heterocycles. The summed E-state index contributed by atoms with van der Waals surface area (Å²) in [4.78, 5) is 0. The van der Waals surface area contributed by atoms with Crippen LogP contribution in [0, 0.1) is 0 Å². The van der Waals surface area contributed by atoms with E-state index in [0.717, 1.165) is 5.56 Å². The second kappa shape index (κ2) is 11.3. The molecule has 8 heteroatoms. The van der Waals surface area contributed by atoms with E-state index < -0.39 is 22.4 Å². The van der Waals surface area contributed by atoms with Crippen molar-refractivity contribution in [2.75, 3.05) is 35.0 Å². The zero-order valence-corrected chi connectivity index (χ0v) is 19.0. The molecule has 0 spiro atoms. The van der Waals surface area contributed by atoms with E-state index >= 15 is 0 Å². The zero-order chi connectivity index (χ0) is 22.1. The molecule has 0 bridgehead atoms. The monoisotopic (exact) mass is 437 g/mol. The fourth-order valence-electron chi connectivity index (χ4n) is 3.45. The highest BCUT2D eigenvalue weighted by Crippen LogP contribution is 2.39. The molecule has 166 valence electrons. The maximum absolute atomic E-state index is 13.5. The molecule has 2 aromatic carbocycles. The Hall–Kier alpha value is -2.13. The molecule has 0 saturated carbocycles. The molecule has 1 atom stereocenters. The third-order valence-electron chi connectivity index (χ3n) is 4.93. The summed E-state index contributed by atoms with van der Waals surface area (Å²) in [5.74, 6) is 0.929. The zero-order valence-electron chi connectivity index (χ0n) is 18.2. The van der Waals surface area contributed by atoms with Crippen LogP contribution in [0.4, 0.5) is 0 Å². The Morgan fingerprint density at radius 1 is 0.900 bits per heavy atom. The van der Waals surface area contributed by atoms with Crippen LogP contribution in [0.3, 0.4) is 0 Å². The minimum atomic E-state index is -3.72. The molecule has 0 aromatic heterocycles. The molecule has 2 aromatic rings. The second-order valence-electron chi connectivity index (χ2n) is 6.72. The van der Waals surface area contributed by atoms with E-state index in [4.69, 9.17) is 18.9 Å². The lowest BCUT2D eigenvalue weighted by atomic mass is 10.0. The number of methoxy groups -OCH3 is 4. The first-order valence-electron chi connectivity index (χ1n) is 9.71. The molecule has 0 N–H and O–H groups in total. The molecule has 7 nitrogen and oxygen atoms in total. The third kappa shape index (κ3) is 5.72. The highest BCUT2D eigenvalue weighted by atomic mass is 32.2. The van der Waals surface area contributed by atoms with E-state index in [9.17, 15) is 8.42 Å². The molecule has 0 fully saturated rings. The second-order valence-corrected chi connectivity index (χ2v) is 8.64. The van der Waals surface area contributed by atoms with Gasteiger partial charge in [0.25, 0.3) is 0 Å². The summed E-state index contributed by atoms with van der Waals surface area (Å²) in [6, 6.07) is 14.1. The van der Waals surface area contributed by atoms with Crippen molar-refractivity contribution in [2.45, 2.75) is 31.4 Å². The average Bonchev–Trinajstić information content (AvgIpc) is 2.76. The topological polar surface area (TPSA) is 74.3 Å². The number of sulfonamides is 1. The van der Waals surface area contributed by atoms with Crippen molar-refractivity contribution < 1.29 is 27.4 Å². The van der Waals surface area contributed by atoms with E-state index in [1.165, 1.54) is 18.5 Å². The minimum absolute atomic E-state index is 0.0427. The average molecular weight is 438 g/mol. The third-order valence-corrected chi connectivity index (χ3v) is 6.75. The summed E-state index contributed by atoms with van der Waals surface area (Å²) in [5, 5.41) is 0. The van der Waals surface area contributed by atoms with E-state index in [2.05, 4.69) is 0 Å². The maximum atomic E-state index is 13.5. The molecule has 0 amide bonds. The lowest BCUT2D eigenvalue weighted by molar-refractivity contribution is -0.111. The number of nitrogens with zero attached hydrogens (tertiary/aromatic N) is 1. The van der Waals surface area contributed by atoms with Crippen molar-refractivity contribution in [3.8, 4) is 11.5 Å². The van der Waals surface area contributed by atoms with Gasteiger partial charge >= 0.3 is 0 Å². The van der Waals surface area contributed by atoms with Gasteiger partial charge in [-0.1, -0.05) is 49.4 Å². The van der Waals surface area contributed by atoms with Gasteiger partial charge in [0.2, 0.25) is 10.0 Å². The SMILES string of the molecule is CCC(c1cccc(OC)c1OC)N(CC(OC)OC)S(=O)(=O)Cc1ccccc1. The Bertz CT molecular complexity index is 884. The largest absolute Gasteiger partial charge is 0.493 e. The van der Waals surface area contributed by atoms with Gasteiger partial charge in [-0.05, 0) is 18.1 Å². The Balaban J connectivity index is 2.54. The van der Waals surface area contributed by atoms with Crippen LogP contribution in [0.1, 0.15) is 30.5 Å². The molecule has 0 radical (unpaired) electrons. The van der Waals surface area contributed by atoms with Gasteiger partial charge < -0.3 is 18.9 Å². The molecule has 2 rings (SSSR count). The van der Waals surface area contributed by atoms with Gasteiger partial charge in [0, 0.05) is 19.8 Å². The summed E-state index contributed by atoms with van der Waals surface area (Å²) < 4.78 is 50.2. The lowest BCUT2D eigenvalue weighted by Gasteiger charge is -2.33. The Kier molecular flexibility index (Phi) is 9.10. The van der Waals surface area contributed by atoms with Crippen molar-refractivity contribution in [3.05, 3.63) is 59.7 Å². The minimum Gasteiger partial charge on any atom is -0.493 e. The van der Waals surface area contributed by atoms with E-state index in [1.54, 1.807) is 32.4 Å². The van der Waals surface area contributed by atoms with Gasteiger partial charge in [-0.25, -0.2) is 8.42 Å². The predicted molar refractivity (Wildman–Crippen MR) is 116 cm³/mol. The van der Waals surface area contributed by atoms with Gasteiger partial charge in [0.1, 0.15) is 0 Å². The van der Waals surface area contributed by atoms with E-state index in [-0.39, 0.29) is 12.3 Å². The fraction of sp³-hybridized carbons (Fsp3) is 0.455. The van der Waals surface area contributed by atoms with Crippen LogP contribution in [0.5, 0.6) is 11.5 Å². The van der Waals surface area contributed by atoms with Crippen LogP contribution in [0.15, 0.2) is 48.5 Å². The molecule has 0 aliphatic carbocycles. The van der Waals surface area contributed by atoms with Gasteiger partial charge in [-0.15, -0.1) is 0 Å². The number of benzene rings is 2. The van der Waals surface area contributed by atoms with Gasteiger partial charge in [0.05, 0.1) is 32.6 Å². The highest BCUT2D eigenvalue weighted by molar-refractivity contribution is 7.88. The van der Waals surface area contributed by atoms with Crippen molar-refractivity contribution >= 4 is 10.0 Å². The Morgan fingerprint density at radius 2 is 1.57 bits per heavy atom. The Labute approximate surface area is 179 Å². The summed E-state index contributed by atoms with van der Waals surface area (Å²) in [6.07, 6.45) is -0.182. The Morgan fingerprint density at radius 3 is 2.10 bits per heavy atom. The first-order valence-corrected chi connectivity index (χ1v) is 11.3. The molecule has 1 unspecified atom stereocenters. The number of hydrogen-bond acceptors (Lipinski definition) is 6. The highest BCUT2D eigenvalue weighted by Gasteiger charge is 2.34. The normalized spacial score (nSPS) is 12.9. The van der Waals surface area contributed by atoms with Crippen LogP contribution >= 0.6 is 0 Å². The quantitative estimate of drug-likeness (QED) is 0.472. The molecule has 30 heavy (non-hydrogen) atoms. The van der Waals surface area contributed by atoms with Crippen molar-refractivity contribution in [1.29, 1.82) is 0 Å². The first-order chi connectivity index (χ1) is 14.4. The van der Waals surface area contributed by atoms with Crippen LogP contribution in [-0.4, -0.2) is 54.0 Å². The molecule has 0 heterocycles. The fourth-order valence-corrected chi connectivity index (χ4v) is 5.23. The predicted octanol–water partition coefficient (Wildman–Crippen LogP) is 3.61. The summed E-state index contributed by atoms with van der Waals surface area (Å²) >= 11 is 0. The molecular weight excluding hydrogens is 406 g/mol. The smallest absolute Gasteiger partial charge is 0.219 e. The summed E-state index contributed by atoms with van der Waals surface area (Å²) in [7, 11) is 2.36. The summed E-state index contributed by atoms with van der Waals surface area (Å²) in [6.45, 7) is 1.98. The van der Waals surface area contributed by atoms with Crippen LogP contribution in [0.25, 0.3) is 0 Å². The van der Waals surface area contributed by atoms with Crippen molar-refractivity contribution in [2.24, 2.45) is 0 Å². The van der Waals surface area contributed by atoms with Gasteiger partial charge in [-0.3, -0.25) is 0 Å². The number of hydrogen-bond donors (Lipinski definition) is 0. The molecule has 0 aliphatic rings. The van der Waals surface area contributed by atoms with E-state index in [1.807, 2.05) is 37.3 Å².